The van der Waals surface area contributed by atoms with Crippen LogP contribution >= 0.6 is 11.3 Å². The van der Waals surface area contributed by atoms with Crippen molar-refractivity contribution in [2.75, 3.05) is 5.32 Å². The Labute approximate surface area is 252 Å². The number of thiophene rings is 1. The van der Waals surface area contributed by atoms with Gasteiger partial charge in [0, 0.05) is 17.8 Å². The number of rotatable bonds is 6. The van der Waals surface area contributed by atoms with Gasteiger partial charge in [0.25, 0.3) is 6.29 Å². The average Bonchev–Trinajstić information content (AvgIpc) is 3.79. The Balaban J connectivity index is 1.17. The highest BCUT2D eigenvalue weighted by Crippen LogP contribution is 2.48. The standard InChI is InChI=1S/C31H24F2N6O4S/c32-20-13-35-28-24(36-20)18(12-34-28)26-38-25(19-6-3-11-44-19)22(33)27(39-26)37-23-15-9-7-14(8-10-15)21(23)30(41)43-31-17-5-2-1-4-16(17)29(40)42-31/h1-6,11-15,21,23,31H,7-10H2,(H,34,35)(H,37,38,39)/t14?,15?,21-,23-,31?/m0/s1. The monoisotopic (exact) mass is 614 g/mol. The summed E-state index contributed by atoms with van der Waals surface area (Å²) in [6, 6.07) is 9.86. The molecule has 3 aliphatic carbocycles. The van der Waals surface area contributed by atoms with E-state index in [2.05, 4.69) is 30.2 Å². The van der Waals surface area contributed by atoms with Gasteiger partial charge >= 0.3 is 11.9 Å². The molecule has 5 aromatic rings. The van der Waals surface area contributed by atoms with Crippen LogP contribution in [0.3, 0.4) is 0 Å². The van der Waals surface area contributed by atoms with Crippen LogP contribution < -0.4 is 5.32 Å². The minimum Gasteiger partial charge on any atom is -0.420 e. The number of carbonyl (C=O) groups excluding carboxylic acids is 2. The number of aromatic amines is 1. The molecule has 9 rings (SSSR count). The van der Waals surface area contributed by atoms with E-state index in [1.807, 2.05) is 5.38 Å². The van der Waals surface area contributed by atoms with Crippen molar-refractivity contribution >= 4 is 40.3 Å². The molecule has 10 nitrogen and oxygen atoms in total. The van der Waals surface area contributed by atoms with Crippen molar-refractivity contribution in [1.29, 1.82) is 0 Å². The predicted molar refractivity (Wildman–Crippen MR) is 155 cm³/mol. The lowest BCUT2D eigenvalue weighted by Crippen LogP contribution is -2.52. The second-order valence-electron chi connectivity index (χ2n) is 11.3. The molecule has 13 heteroatoms. The van der Waals surface area contributed by atoms with Crippen LogP contribution in [0.15, 0.2) is 54.2 Å². The van der Waals surface area contributed by atoms with E-state index in [0.29, 0.717) is 27.2 Å². The summed E-state index contributed by atoms with van der Waals surface area (Å²) >= 11 is 1.32. The van der Waals surface area contributed by atoms with Crippen molar-refractivity contribution in [2.45, 2.75) is 38.0 Å². The molecular weight excluding hydrogens is 590 g/mol. The minimum absolute atomic E-state index is 0.00495. The molecule has 0 saturated heterocycles. The van der Waals surface area contributed by atoms with Crippen molar-refractivity contribution in [3.63, 3.8) is 0 Å². The van der Waals surface area contributed by atoms with E-state index in [0.717, 1.165) is 31.9 Å². The van der Waals surface area contributed by atoms with Crippen molar-refractivity contribution < 1.29 is 27.8 Å². The van der Waals surface area contributed by atoms with Gasteiger partial charge in [-0.15, -0.1) is 11.3 Å². The molecule has 3 saturated carbocycles. The summed E-state index contributed by atoms with van der Waals surface area (Å²) < 4.78 is 41.5. The molecule has 1 aliphatic heterocycles. The van der Waals surface area contributed by atoms with Gasteiger partial charge in [-0.05, 0) is 55.0 Å². The molecular formula is C31H24F2N6O4S. The van der Waals surface area contributed by atoms with Gasteiger partial charge in [-0.1, -0.05) is 24.3 Å². The Bertz CT molecular complexity index is 1920. The number of esters is 2. The predicted octanol–water partition coefficient (Wildman–Crippen LogP) is 6.05. The van der Waals surface area contributed by atoms with E-state index < -0.39 is 42.0 Å². The number of nitrogens with one attached hydrogen (secondary N) is 2. The summed E-state index contributed by atoms with van der Waals surface area (Å²) in [4.78, 5) is 46.7. The summed E-state index contributed by atoms with van der Waals surface area (Å²) in [5.74, 6) is -3.00. The number of anilines is 1. The van der Waals surface area contributed by atoms with Crippen LogP contribution in [-0.4, -0.2) is 42.9 Å². The first-order chi connectivity index (χ1) is 21.4. The lowest BCUT2D eigenvalue weighted by molar-refractivity contribution is -0.179. The zero-order chi connectivity index (χ0) is 29.9. The normalized spacial score (nSPS) is 23.9. The average molecular weight is 615 g/mol. The van der Waals surface area contributed by atoms with E-state index in [9.17, 15) is 14.0 Å². The summed E-state index contributed by atoms with van der Waals surface area (Å²) in [5, 5.41) is 5.09. The molecule has 5 heterocycles. The molecule has 2 N–H and O–H groups in total. The Kier molecular flexibility index (Phi) is 6.36. The number of halogens is 2. The number of benzene rings is 1. The van der Waals surface area contributed by atoms with Crippen LogP contribution in [0.1, 0.15) is 47.9 Å². The summed E-state index contributed by atoms with van der Waals surface area (Å²) in [6.07, 6.45) is 4.82. The first-order valence-electron chi connectivity index (χ1n) is 14.3. The highest BCUT2D eigenvalue weighted by atomic mass is 32.1. The van der Waals surface area contributed by atoms with Gasteiger partial charge in [-0.2, -0.15) is 4.39 Å². The summed E-state index contributed by atoms with van der Waals surface area (Å²) in [6.45, 7) is 0. The third-order valence-electron chi connectivity index (χ3n) is 8.86. The number of ether oxygens (including phenoxy) is 2. The molecule has 4 aliphatic rings. The van der Waals surface area contributed by atoms with Gasteiger partial charge in [-0.25, -0.2) is 29.1 Å². The zero-order valence-electron chi connectivity index (χ0n) is 23.0. The lowest BCUT2D eigenvalue weighted by Gasteiger charge is -2.47. The molecule has 0 spiro atoms. The van der Waals surface area contributed by atoms with E-state index in [1.54, 1.807) is 42.6 Å². The summed E-state index contributed by atoms with van der Waals surface area (Å²) in [7, 11) is 0. The van der Waals surface area contributed by atoms with Crippen molar-refractivity contribution in [2.24, 2.45) is 17.8 Å². The first-order valence-corrected chi connectivity index (χ1v) is 15.2. The number of hydrogen-bond donors (Lipinski definition) is 2. The minimum atomic E-state index is -1.14. The Morgan fingerprint density at radius 2 is 1.84 bits per heavy atom. The van der Waals surface area contributed by atoms with Crippen LogP contribution in [0.25, 0.3) is 33.1 Å². The smallest absolute Gasteiger partial charge is 0.342 e. The van der Waals surface area contributed by atoms with Gasteiger partial charge < -0.3 is 19.8 Å². The molecule has 1 aromatic carbocycles. The molecule has 2 bridgehead atoms. The topological polar surface area (TPSA) is 132 Å². The molecule has 3 fully saturated rings. The Morgan fingerprint density at radius 1 is 1.02 bits per heavy atom. The highest BCUT2D eigenvalue weighted by Gasteiger charge is 2.49. The lowest BCUT2D eigenvalue weighted by atomic mass is 9.61. The second-order valence-corrected chi connectivity index (χ2v) is 12.2. The van der Waals surface area contributed by atoms with E-state index in [1.165, 1.54) is 11.3 Å². The number of cyclic esters (lactones) is 1. The van der Waals surface area contributed by atoms with Crippen molar-refractivity contribution in [1.82, 2.24) is 24.9 Å². The maximum Gasteiger partial charge on any atom is 0.342 e. The third kappa shape index (κ3) is 4.41. The van der Waals surface area contributed by atoms with Gasteiger partial charge in [-0.3, -0.25) is 4.79 Å². The van der Waals surface area contributed by atoms with Crippen LogP contribution in [0, 0.1) is 29.5 Å². The van der Waals surface area contributed by atoms with Crippen molar-refractivity contribution in [3.05, 3.63) is 77.1 Å². The van der Waals surface area contributed by atoms with Gasteiger partial charge in [0.05, 0.1) is 28.1 Å². The molecule has 3 atom stereocenters. The Hall–Kier alpha value is -4.78. The van der Waals surface area contributed by atoms with E-state index in [-0.39, 0.29) is 34.7 Å². The number of aromatic nitrogens is 5. The molecule has 0 amide bonds. The fourth-order valence-corrected chi connectivity index (χ4v) is 7.53. The number of H-pyrrole nitrogens is 1. The van der Waals surface area contributed by atoms with Gasteiger partial charge in [0.2, 0.25) is 5.95 Å². The van der Waals surface area contributed by atoms with Gasteiger partial charge in [0.15, 0.2) is 23.1 Å². The van der Waals surface area contributed by atoms with Crippen molar-refractivity contribution in [3.8, 4) is 22.0 Å². The highest BCUT2D eigenvalue weighted by molar-refractivity contribution is 7.13. The SMILES string of the molecule is O=C1OC(OC(=O)[C@H]2C3CCC(CC3)[C@@H]2Nc2nc(-c3c[nH]c4ncc(F)nc34)nc(-c3cccs3)c2F)c2ccccc21. The van der Waals surface area contributed by atoms with Crippen LogP contribution in [-0.2, 0) is 14.3 Å². The van der Waals surface area contributed by atoms with Gasteiger partial charge in [0.1, 0.15) is 11.2 Å². The molecule has 4 aromatic heterocycles. The molecule has 1 unspecified atom stereocenters. The maximum absolute atomic E-state index is 16.2. The molecule has 0 radical (unpaired) electrons. The Morgan fingerprint density at radius 3 is 2.66 bits per heavy atom. The molecule has 44 heavy (non-hydrogen) atoms. The number of hydrogen-bond acceptors (Lipinski definition) is 10. The maximum atomic E-state index is 16.2. The number of nitrogens with zero attached hydrogens (tertiary/aromatic N) is 4. The van der Waals surface area contributed by atoms with E-state index in [4.69, 9.17) is 9.47 Å². The van der Waals surface area contributed by atoms with Crippen LogP contribution in [0.4, 0.5) is 14.6 Å². The zero-order valence-corrected chi connectivity index (χ0v) is 23.8. The number of carbonyl (C=O) groups is 2. The van der Waals surface area contributed by atoms with E-state index >= 15 is 4.39 Å². The largest absolute Gasteiger partial charge is 0.420 e. The number of fused-ring (bicyclic) bond motifs is 5. The quantitative estimate of drug-likeness (QED) is 0.219. The fraction of sp³-hybridized carbons (Fsp3) is 0.290. The first kappa shape index (κ1) is 26.8. The summed E-state index contributed by atoms with van der Waals surface area (Å²) in [5.41, 5.74) is 1.84. The van der Waals surface area contributed by atoms with Crippen LogP contribution in [0.5, 0.6) is 0 Å². The molecule has 222 valence electrons. The second kappa shape index (κ2) is 10.4. The fourth-order valence-electron chi connectivity index (χ4n) is 6.82. The third-order valence-corrected chi connectivity index (χ3v) is 9.74. The van der Waals surface area contributed by atoms with Crippen LogP contribution in [0.2, 0.25) is 0 Å².